The zero-order valence-corrected chi connectivity index (χ0v) is 24.4. The van der Waals surface area contributed by atoms with E-state index in [2.05, 4.69) is 72.8 Å². The van der Waals surface area contributed by atoms with Crippen molar-refractivity contribution in [2.45, 2.75) is 23.7 Å². The molecule has 13 rings (SSSR count). The number of hydrogen-bond acceptors (Lipinski definition) is 4. The lowest BCUT2D eigenvalue weighted by Crippen LogP contribution is -2.32. The van der Waals surface area contributed by atoms with Gasteiger partial charge in [-0.05, 0) is 67.8 Å². The minimum Gasteiger partial charge on any atom is -0.507 e. The van der Waals surface area contributed by atoms with Crippen molar-refractivity contribution in [3.63, 3.8) is 0 Å². The number of phenols is 2. The topological polar surface area (TPSA) is 74.6 Å². The van der Waals surface area contributed by atoms with E-state index in [9.17, 15) is 19.8 Å². The number of ketones is 2. The molecule has 0 amide bonds. The van der Waals surface area contributed by atoms with Crippen molar-refractivity contribution in [1.82, 2.24) is 0 Å². The van der Waals surface area contributed by atoms with Crippen LogP contribution >= 0.6 is 0 Å². The maximum Gasteiger partial charge on any atom is 0.198 e. The average Bonchev–Trinajstić information content (AvgIpc) is 3.11. The molecule has 4 heteroatoms. The first-order valence-electron chi connectivity index (χ1n) is 15.8. The molecule has 0 heterocycles. The molecule has 0 saturated heterocycles. The summed E-state index contributed by atoms with van der Waals surface area (Å²) in [6, 6.07) is 36.8. The minimum absolute atomic E-state index is 0.0590. The number of rotatable bonds is 0. The van der Waals surface area contributed by atoms with Gasteiger partial charge in [0.05, 0.1) is 11.1 Å². The largest absolute Gasteiger partial charge is 0.507 e. The normalized spacial score (nSPS) is 21.3. The van der Waals surface area contributed by atoms with E-state index in [4.69, 9.17) is 0 Å². The molecule has 0 unspecified atom stereocenters. The third-order valence-electron chi connectivity index (χ3n) is 11.4. The summed E-state index contributed by atoms with van der Waals surface area (Å²) in [6.07, 6.45) is 0. The molecule has 0 atom stereocenters. The van der Waals surface area contributed by atoms with Gasteiger partial charge in [-0.15, -0.1) is 0 Å². The highest BCUT2D eigenvalue weighted by Crippen LogP contribution is 2.62. The summed E-state index contributed by atoms with van der Waals surface area (Å²) in [4.78, 5) is 29.1. The lowest BCUT2D eigenvalue weighted by Gasteiger charge is -2.44. The van der Waals surface area contributed by atoms with E-state index in [1.54, 1.807) is 0 Å². The smallest absolute Gasteiger partial charge is 0.198 e. The molecule has 0 fully saturated rings. The number of carbonyl (C=O) groups excluding carboxylic acids is 2. The number of fused-ring (bicyclic) bond motifs is 2. The zero-order valence-electron chi connectivity index (χ0n) is 24.4. The van der Waals surface area contributed by atoms with Crippen LogP contribution < -0.4 is 0 Å². The molecule has 6 aromatic carbocycles. The summed E-state index contributed by atoms with van der Waals surface area (Å²) in [5.41, 5.74) is 12.6. The van der Waals surface area contributed by atoms with Crippen LogP contribution in [0.15, 0.2) is 109 Å². The van der Waals surface area contributed by atoms with E-state index in [1.807, 2.05) is 36.4 Å². The molecule has 0 radical (unpaired) electrons. The predicted octanol–water partition coefficient (Wildman–Crippen LogP) is 7.85. The molecular formula is C42H24O4. The standard InChI is InChI=1S/C42H24O4/c43-39-29-17-27-28(32-20-10-2-1-9-19(20)31(27)21-11-3-4-12-22(21)32)18-30(29)40(44)38-37(39)41(45)35-33-23-13-5-7-15-25(23)34(36(35)42(38)46)26-16-8-6-14-24(26)33/h1-18,31-34,45-46H. The first kappa shape index (κ1) is 24.6. The van der Waals surface area contributed by atoms with Crippen molar-refractivity contribution in [1.29, 1.82) is 0 Å². The van der Waals surface area contributed by atoms with Crippen molar-refractivity contribution >= 4 is 11.6 Å². The van der Waals surface area contributed by atoms with Gasteiger partial charge in [0, 0.05) is 45.9 Å². The number of aromatic hydroxyl groups is 2. The molecule has 0 aliphatic heterocycles. The van der Waals surface area contributed by atoms with Gasteiger partial charge in [-0.25, -0.2) is 0 Å². The Morgan fingerprint density at radius 1 is 0.370 bits per heavy atom. The molecule has 6 aromatic rings. The Bertz CT molecular complexity index is 2200. The number of benzene rings is 6. The number of hydrogen-bond donors (Lipinski definition) is 2. The Morgan fingerprint density at radius 2 is 0.630 bits per heavy atom. The molecular weight excluding hydrogens is 568 g/mol. The molecule has 0 saturated carbocycles. The van der Waals surface area contributed by atoms with Crippen molar-refractivity contribution in [2.24, 2.45) is 0 Å². The molecule has 0 aromatic heterocycles. The van der Waals surface area contributed by atoms with Gasteiger partial charge in [-0.1, -0.05) is 97.1 Å². The summed E-state index contributed by atoms with van der Waals surface area (Å²) in [6.45, 7) is 0. The highest BCUT2D eigenvalue weighted by Gasteiger charge is 2.49. The molecule has 216 valence electrons. The molecule has 7 aliphatic carbocycles. The molecule has 4 nitrogen and oxygen atoms in total. The van der Waals surface area contributed by atoms with Gasteiger partial charge in [0.25, 0.3) is 0 Å². The quantitative estimate of drug-likeness (QED) is 0.176. The average molecular weight is 593 g/mol. The van der Waals surface area contributed by atoms with Crippen LogP contribution in [-0.2, 0) is 0 Å². The fourth-order valence-electron chi connectivity index (χ4n) is 9.68. The van der Waals surface area contributed by atoms with E-state index in [0.29, 0.717) is 11.1 Å². The summed E-state index contributed by atoms with van der Waals surface area (Å²) in [5.74, 6) is -2.07. The first-order valence-corrected chi connectivity index (χ1v) is 15.8. The molecule has 2 N–H and O–H groups in total. The lowest BCUT2D eigenvalue weighted by atomic mass is 9.58. The summed E-state index contributed by atoms with van der Waals surface area (Å²) in [7, 11) is 0. The monoisotopic (exact) mass is 592 g/mol. The second-order valence-corrected chi connectivity index (χ2v) is 13.2. The van der Waals surface area contributed by atoms with Gasteiger partial charge in [-0.2, -0.15) is 0 Å². The molecule has 0 spiro atoms. The van der Waals surface area contributed by atoms with Crippen molar-refractivity contribution < 1.29 is 19.8 Å². The highest BCUT2D eigenvalue weighted by atomic mass is 16.3. The summed E-state index contributed by atoms with van der Waals surface area (Å²) >= 11 is 0. The van der Waals surface area contributed by atoms with Gasteiger partial charge in [0.2, 0.25) is 0 Å². The van der Waals surface area contributed by atoms with Crippen LogP contribution in [-0.4, -0.2) is 21.8 Å². The third kappa shape index (κ3) is 2.62. The lowest BCUT2D eigenvalue weighted by molar-refractivity contribution is 0.0973. The Kier molecular flexibility index (Phi) is 4.32. The Hall–Kier alpha value is -5.74. The fourth-order valence-corrected chi connectivity index (χ4v) is 9.68. The SMILES string of the molecule is O=C1c2cc3c(cc2C(=O)c2c(O)c4c(c(O)c21)C1c2ccccc2C4c2ccccc21)C1c2ccccc2C3c2ccccc21. The third-order valence-corrected chi connectivity index (χ3v) is 11.4. The van der Waals surface area contributed by atoms with Crippen LogP contribution in [0.1, 0.15) is 122 Å². The van der Waals surface area contributed by atoms with Crippen LogP contribution in [0.4, 0.5) is 0 Å². The second kappa shape index (κ2) is 8.09. The molecule has 4 bridgehead atoms. The van der Waals surface area contributed by atoms with Gasteiger partial charge in [0.15, 0.2) is 11.6 Å². The van der Waals surface area contributed by atoms with Gasteiger partial charge in [-0.3, -0.25) is 9.59 Å². The fraction of sp³-hybridized carbons (Fsp3) is 0.0952. The second-order valence-electron chi connectivity index (χ2n) is 13.2. The van der Waals surface area contributed by atoms with Crippen LogP contribution in [0.25, 0.3) is 0 Å². The molecule has 46 heavy (non-hydrogen) atoms. The van der Waals surface area contributed by atoms with Crippen LogP contribution in [0.5, 0.6) is 11.5 Å². The van der Waals surface area contributed by atoms with Crippen molar-refractivity contribution in [3.8, 4) is 11.5 Å². The van der Waals surface area contributed by atoms with E-state index in [-0.39, 0.29) is 57.4 Å². The Morgan fingerprint density at radius 3 is 0.913 bits per heavy atom. The number of phenolic OH excluding ortho intramolecular Hbond substituents is 2. The van der Waals surface area contributed by atoms with E-state index in [0.717, 1.165) is 33.4 Å². The van der Waals surface area contributed by atoms with Gasteiger partial charge >= 0.3 is 0 Å². The van der Waals surface area contributed by atoms with E-state index < -0.39 is 11.6 Å². The van der Waals surface area contributed by atoms with Crippen molar-refractivity contribution in [3.05, 3.63) is 198 Å². The van der Waals surface area contributed by atoms with E-state index in [1.165, 1.54) is 22.3 Å². The summed E-state index contributed by atoms with van der Waals surface area (Å²) in [5, 5.41) is 24.2. The van der Waals surface area contributed by atoms with Crippen molar-refractivity contribution in [2.75, 3.05) is 0 Å². The zero-order chi connectivity index (χ0) is 30.6. The van der Waals surface area contributed by atoms with Crippen LogP contribution in [0.3, 0.4) is 0 Å². The first-order chi connectivity index (χ1) is 22.5. The predicted molar refractivity (Wildman–Crippen MR) is 173 cm³/mol. The van der Waals surface area contributed by atoms with Gasteiger partial charge in [0.1, 0.15) is 11.5 Å². The maximum atomic E-state index is 14.6. The van der Waals surface area contributed by atoms with Crippen LogP contribution in [0, 0.1) is 0 Å². The Balaban J connectivity index is 1.17. The van der Waals surface area contributed by atoms with Gasteiger partial charge < -0.3 is 10.2 Å². The molecule has 7 aliphatic rings. The summed E-state index contributed by atoms with van der Waals surface area (Å²) < 4.78 is 0. The highest BCUT2D eigenvalue weighted by molar-refractivity contribution is 6.31. The van der Waals surface area contributed by atoms with Crippen LogP contribution in [0.2, 0.25) is 0 Å². The minimum atomic E-state index is -0.422. The van der Waals surface area contributed by atoms with E-state index >= 15 is 0 Å². The Labute approximate surface area is 264 Å². The number of carbonyl (C=O) groups is 2. The maximum absolute atomic E-state index is 14.6.